The molecule has 1 heterocycles. The van der Waals surface area contributed by atoms with E-state index in [1.807, 2.05) is 37.3 Å². The van der Waals surface area contributed by atoms with E-state index in [0.717, 1.165) is 30.5 Å². The van der Waals surface area contributed by atoms with E-state index in [-0.39, 0.29) is 5.56 Å². The summed E-state index contributed by atoms with van der Waals surface area (Å²) in [6, 6.07) is 8.60. The summed E-state index contributed by atoms with van der Waals surface area (Å²) in [5, 5.41) is 3.68. The number of nitrogens with zero attached hydrogens (tertiary/aromatic N) is 1. The number of rotatable bonds is 6. The molecule has 0 amide bonds. The Balaban J connectivity index is 1.95. The maximum atomic E-state index is 14.0. The molecule has 1 N–H and O–H groups in total. The highest BCUT2D eigenvalue weighted by atomic mass is 19.4. The van der Waals surface area contributed by atoms with Crippen molar-refractivity contribution in [2.45, 2.75) is 58.2 Å². The Morgan fingerprint density at radius 3 is 2.56 bits per heavy atom. The molecule has 2 aliphatic rings. The molecule has 2 nitrogen and oxygen atoms in total. The van der Waals surface area contributed by atoms with Crippen molar-refractivity contribution in [1.82, 2.24) is 10.3 Å². The van der Waals surface area contributed by atoms with Gasteiger partial charge in [-0.2, -0.15) is 13.2 Å². The SMILES string of the molecule is Cc1ccc(C(CC2=CC=CCC2)(NC2=CC(C)CC=C2)c2ccc(C)c(C(F)(F)F)c2)nc1. The zero-order chi connectivity index (χ0) is 24.3. The van der Waals surface area contributed by atoms with Gasteiger partial charge >= 0.3 is 6.18 Å². The first kappa shape index (κ1) is 24.1. The van der Waals surface area contributed by atoms with E-state index < -0.39 is 17.3 Å². The highest BCUT2D eigenvalue weighted by Gasteiger charge is 2.40. The number of alkyl halides is 3. The minimum absolute atomic E-state index is 0.215. The molecular weight excluding hydrogens is 433 g/mol. The van der Waals surface area contributed by atoms with Crippen LogP contribution < -0.4 is 5.32 Å². The largest absolute Gasteiger partial charge is 0.416 e. The summed E-state index contributed by atoms with van der Waals surface area (Å²) in [6.45, 7) is 5.61. The van der Waals surface area contributed by atoms with Crippen LogP contribution in [0.4, 0.5) is 13.2 Å². The normalized spacial score (nSPS) is 19.9. The molecule has 2 aromatic rings. The molecule has 34 heavy (non-hydrogen) atoms. The van der Waals surface area contributed by atoms with E-state index in [1.165, 1.54) is 18.6 Å². The molecule has 0 bridgehead atoms. The van der Waals surface area contributed by atoms with Crippen molar-refractivity contribution in [3.05, 3.63) is 112 Å². The van der Waals surface area contributed by atoms with Crippen molar-refractivity contribution in [3.63, 3.8) is 0 Å². The van der Waals surface area contributed by atoms with Crippen LogP contribution in [-0.2, 0) is 11.7 Å². The predicted molar refractivity (Wildman–Crippen MR) is 131 cm³/mol. The second-order valence-corrected chi connectivity index (χ2v) is 9.48. The molecule has 0 radical (unpaired) electrons. The molecule has 4 rings (SSSR count). The summed E-state index contributed by atoms with van der Waals surface area (Å²) >= 11 is 0. The van der Waals surface area contributed by atoms with E-state index >= 15 is 0 Å². The second kappa shape index (κ2) is 9.65. The van der Waals surface area contributed by atoms with E-state index in [0.29, 0.717) is 23.6 Å². The maximum Gasteiger partial charge on any atom is 0.416 e. The Bertz CT molecular complexity index is 1150. The average Bonchev–Trinajstić information content (AvgIpc) is 2.79. The van der Waals surface area contributed by atoms with E-state index in [4.69, 9.17) is 4.98 Å². The zero-order valence-electron chi connectivity index (χ0n) is 19.9. The number of allylic oxidation sites excluding steroid dienone is 6. The minimum atomic E-state index is -4.43. The second-order valence-electron chi connectivity index (χ2n) is 9.48. The molecule has 0 spiro atoms. The number of aromatic nitrogens is 1. The van der Waals surface area contributed by atoms with Crippen molar-refractivity contribution < 1.29 is 13.2 Å². The lowest BCUT2D eigenvalue weighted by Gasteiger charge is -2.39. The van der Waals surface area contributed by atoms with E-state index in [2.05, 4.69) is 36.5 Å². The van der Waals surface area contributed by atoms with Crippen LogP contribution >= 0.6 is 0 Å². The van der Waals surface area contributed by atoms with Crippen LogP contribution in [0.15, 0.2) is 84.3 Å². The summed E-state index contributed by atoms with van der Waals surface area (Å²) < 4.78 is 41.9. The smallest absolute Gasteiger partial charge is 0.370 e. The molecule has 0 saturated carbocycles. The number of hydrogen-bond acceptors (Lipinski definition) is 2. The monoisotopic (exact) mass is 464 g/mol. The summed E-state index contributed by atoms with van der Waals surface area (Å²) in [6.07, 6.45) is 13.1. The predicted octanol–water partition coefficient (Wildman–Crippen LogP) is 7.70. The molecule has 1 aromatic heterocycles. The number of halogens is 3. The number of aryl methyl sites for hydroxylation is 2. The molecule has 0 aliphatic heterocycles. The number of nitrogens with one attached hydrogen (secondary N) is 1. The average molecular weight is 465 g/mol. The Labute approximate surface area is 200 Å². The molecule has 178 valence electrons. The molecule has 2 unspecified atom stereocenters. The molecule has 2 atom stereocenters. The van der Waals surface area contributed by atoms with Crippen molar-refractivity contribution >= 4 is 0 Å². The third-order valence-electron chi connectivity index (χ3n) is 6.60. The van der Waals surface area contributed by atoms with Crippen LogP contribution in [-0.4, -0.2) is 4.98 Å². The summed E-state index contributed by atoms with van der Waals surface area (Å²) in [5.74, 6) is 0.344. The molecular formula is C29H31F3N2. The lowest BCUT2D eigenvalue weighted by molar-refractivity contribution is -0.138. The standard InChI is InChI=1S/C29H31F3N2/c1-20-8-7-11-25(16-20)34-28(18-23-9-5-4-6-10-23,27-15-12-21(2)19-33-27)24-14-13-22(3)26(17-24)29(30,31)32/h4-5,7,9,11-17,19-20,34H,6,8,10,18H2,1-3H3. The lowest BCUT2D eigenvalue weighted by Crippen LogP contribution is -2.44. The highest BCUT2D eigenvalue weighted by Crippen LogP contribution is 2.41. The molecule has 0 saturated heterocycles. The van der Waals surface area contributed by atoms with E-state index in [9.17, 15) is 13.2 Å². The van der Waals surface area contributed by atoms with Crippen LogP contribution in [0, 0.1) is 19.8 Å². The third-order valence-corrected chi connectivity index (χ3v) is 6.60. The Hall–Kier alpha value is -3.08. The lowest BCUT2D eigenvalue weighted by atomic mass is 9.77. The summed E-state index contributed by atoms with van der Waals surface area (Å²) in [7, 11) is 0. The quantitative estimate of drug-likeness (QED) is 0.474. The molecule has 5 heteroatoms. The Morgan fingerprint density at radius 2 is 1.91 bits per heavy atom. The number of hydrogen-bond donors (Lipinski definition) is 1. The molecule has 1 aromatic carbocycles. The number of pyridine rings is 1. The van der Waals surface area contributed by atoms with Crippen molar-refractivity contribution in [2.24, 2.45) is 5.92 Å². The van der Waals surface area contributed by atoms with E-state index in [1.54, 1.807) is 12.3 Å². The first-order chi connectivity index (χ1) is 16.2. The van der Waals surface area contributed by atoms with Crippen molar-refractivity contribution in [1.29, 1.82) is 0 Å². The highest BCUT2D eigenvalue weighted by molar-refractivity contribution is 5.45. The fraction of sp³-hybridized carbons (Fsp3) is 0.345. The summed E-state index contributed by atoms with van der Waals surface area (Å²) in [4.78, 5) is 4.75. The Morgan fingerprint density at radius 1 is 1.09 bits per heavy atom. The minimum Gasteiger partial charge on any atom is -0.370 e. The van der Waals surface area contributed by atoms with Gasteiger partial charge in [-0.3, -0.25) is 4.98 Å². The fourth-order valence-corrected chi connectivity index (χ4v) is 4.74. The van der Waals surface area contributed by atoms with Crippen LogP contribution in [0.25, 0.3) is 0 Å². The fourth-order valence-electron chi connectivity index (χ4n) is 4.74. The van der Waals surface area contributed by atoms with Gasteiger partial charge in [-0.25, -0.2) is 0 Å². The van der Waals surface area contributed by atoms with Crippen LogP contribution in [0.1, 0.15) is 60.6 Å². The first-order valence-corrected chi connectivity index (χ1v) is 11.8. The van der Waals surface area contributed by atoms with Crippen molar-refractivity contribution in [2.75, 3.05) is 0 Å². The van der Waals surface area contributed by atoms with Gasteiger partial charge in [0, 0.05) is 18.3 Å². The maximum absolute atomic E-state index is 14.0. The van der Waals surface area contributed by atoms with Gasteiger partial charge in [-0.15, -0.1) is 0 Å². The van der Waals surface area contributed by atoms with Gasteiger partial charge < -0.3 is 5.32 Å². The van der Waals surface area contributed by atoms with Gasteiger partial charge in [-0.1, -0.05) is 61.1 Å². The van der Waals surface area contributed by atoms with Gasteiger partial charge in [0.2, 0.25) is 0 Å². The Kier molecular flexibility index (Phi) is 6.83. The number of benzene rings is 1. The van der Waals surface area contributed by atoms with Gasteiger partial charge in [0.1, 0.15) is 5.54 Å². The molecule has 0 fully saturated rings. The topological polar surface area (TPSA) is 24.9 Å². The van der Waals surface area contributed by atoms with Crippen molar-refractivity contribution in [3.8, 4) is 0 Å². The van der Waals surface area contributed by atoms with Gasteiger partial charge in [0.15, 0.2) is 0 Å². The summed E-state index contributed by atoms with van der Waals surface area (Å²) in [5.41, 5.74) is 3.01. The first-order valence-electron chi connectivity index (χ1n) is 11.8. The van der Waals surface area contributed by atoms with Gasteiger partial charge in [0.05, 0.1) is 11.3 Å². The molecule has 2 aliphatic carbocycles. The zero-order valence-corrected chi connectivity index (χ0v) is 19.9. The van der Waals surface area contributed by atoms with Gasteiger partial charge in [-0.05, 0) is 73.9 Å². The van der Waals surface area contributed by atoms with Crippen LogP contribution in [0.5, 0.6) is 0 Å². The van der Waals surface area contributed by atoms with Crippen LogP contribution in [0.3, 0.4) is 0 Å². The van der Waals surface area contributed by atoms with Crippen LogP contribution in [0.2, 0.25) is 0 Å². The van der Waals surface area contributed by atoms with Gasteiger partial charge in [0.25, 0.3) is 0 Å². The third kappa shape index (κ3) is 5.19.